The summed E-state index contributed by atoms with van der Waals surface area (Å²) in [5, 5.41) is 3.92. The molecule has 0 radical (unpaired) electrons. The molecule has 0 spiro atoms. The van der Waals surface area contributed by atoms with Crippen LogP contribution in [0.1, 0.15) is 0 Å². The van der Waals surface area contributed by atoms with E-state index in [1.54, 1.807) is 6.20 Å². The number of hydrogen-bond acceptors (Lipinski definition) is 3. The minimum absolute atomic E-state index is 0.707. The van der Waals surface area contributed by atoms with Crippen LogP contribution in [0.25, 0.3) is 0 Å². The molecule has 1 heterocycles. The highest BCUT2D eigenvalue weighted by Crippen LogP contribution is 2.21. The summed E-state index contributed by atoms with van der Waals surface area (Å²) in [5.41, 5.74) is 2.03. The van der Waals surface area contributed by atoms with Crippen LogP contribution in [0.15, 0.2) is 42.6 Å². The molecule has 0 unspecified atom stereocenters. The first-order valence-electron chi connectivity index (χ1n) is 5.31. The van der Waals surface area contributed by atoms with Gasteiger partial charge < -0.3 is 10.2 Å². The Kier molecular flexibility index (Phi) is 3.49. The van der Waals surface area contributed by atoms with Crippen LogP contribution in [0.2, 0.25) is 5.02 Å². The summed E-state index contributed by atoms with van der Waals surface area (Å²) in [6.07, 6.45) is 1.78. The first-order valence-corrected chi connectivity index (χ1v) is 5.69. The van der Waals surface area contributed by atoms with E-state index in [1.165, 1.54) is 0 Å². The summed E-state index contributed by atoms with van der Waals surface area (Å²) in [4.78, 5) is 6.30. The van der Waals surface area contributed by atoms with Gasteiger partial charge in [0.2, 0.25) is 0 Å². The molecule has 17 heavy (non-hydrogen) atoms. The molecule has 0 fully saturated rings. The van der Waals surface area contributed by atoms with Crippen molar-refractivity contribution in [2.45, 2.75) is 0 Å². The molecule has 0 amide bonds. The summed E-state index contributed by atoms with van der Waals surface area (Å²) in [5.74, 6) is 0.804. The normalized spacial score (nSPS) is 10.1. The fourth-order valence-corrected chi connectivity index (χ4v) is 1.67. The van der Waals surface area contributed by atoms with Gasteiger partial charge in [0, 0.05) is 42.8 Å². The van der Waals surface area contributed by atoms with Gasteiger partial charge in [-0.15, -0.1) is 0 Å². The van der Waals surface area contributed by atoms with Crippen LogP contribution >= 0.6 is 11.6 Å². The summed E-state index contributed by atoms with van der Waals surface area (Å²) >= 11 is 5.92. The van der Waals surface area contributed by atoms with Crippen LogP contribution in [0, 0.1) is 0 Å². The molecule has 3 nitrogen and oxygen atoms in total. The maximum absolute atomic E-state index is 5.92. The van der Waals surface area contributed by atoms with E-state index in [1.807, 2.05) is 55.4 Å². The molecule has 0 aliphatic carbocycles. The number of anilines is 3. The van der Waals surface area contributed by atoms with Crippen molar-refractivity contribution < 1.29 is 0 Å². The van der Waals surface area contributed by atoms with E-state index in [-0.39, 0.29) is 0 Å². The molecule has 4 heteroatoms. The minimum Gasteiger partial charge on any atom is -0.378 e. The number of benzene rings is 1. The van der Waals surface area contributed by atoms with E-state index in [0.717, 1.165) is 17.2 Å². The van der Waals surface area contributed by atoms with Crippen LogP contribution in [0.4, 0.5) is 17.2 Å². The summed E-state index contributed by atoms with van der Waals surface area (Å²) in [6, 6.07) is 11.5. The molecular formula is C13H14ClN3. The fraction of sp³-hybridized carbons (Fsp3) is 0.154. The van der Waals surface area contributed by atoms with E-state index < -0.39 is 0 Å². The van der Waals surface area contributed by atoms with Crippen molar-refractivity contribution in [1.29, 1.82) is 0 Å². The highest BCUT2D eigenvalue weighted by atomic mass is 35.5. The smallest absolute Gasteiger partial charge is 0.132 e. The number of hydrogen-bond donors (Lipinski definition) is 1. The van der Waals surface area contributed by atoms with Gasteiger partial charge in [0.25, 0.3) is 0 Å². The Morgan fingerprint density at radius 3 is 2.71 bits per heavy atom. The predicted molar refractivity (Wildman–Crippen MR) is 73.3 cm³/mol. The van der Waals surface area contributed by atoms with E-state index >= 15 is 0 Å². The lowest BCUT2D eigenvalue weighted by atomic mass is 10.3. The largest absolute Gasteiger partial charge is 0.378 e. The number of nitrogens with one attached hydrogen (secondary N) is 1. The number of aromatic nitrogens is 1. The molecular weight excluding hydrogens is 234 g/mol. The first kappa shape index (κ1) is 11.7. The van der Waals surface area contributed by atoms with Gasteiger partial charge in [-0.1, -0.05) is 17.7 Å². The zero-order valence-corrected chi connectivity index (χ0v) is 10.6. The molecule has 2 aromatic rings. The second-order valence-electron chi connectivity index (χ2n) is 3.93. The topological polar surface area (TPSA) is 28.2 Å². The molecule has 1 N–H and O–H groups in total. The summed E-state index contributed by atoms with van der Waals surface area (Å²) < 4.78 is 0. The van der Waals surface area contributed by atoms with Crippen LogP contribution in [0.3, 0.4) is 0 Å². The fourth-order valence-electron chi connectivity index (χ4n) is 1.48. The van der Waals surface area contributed by atoms with Crippen LogP contribution in [0.5, 0.6) is 0 Å². The predicted octanol–water partition coefficient (Wildman–Crippen LogP) is 3.54. The maximum Gasteiger partial charge on any atom is 0.132 e. The van der Waals surface area contributed by atoms with Gasteiger partial charge in [-0.2, -0.15) is 0 Å². The molecule has 0 aliphatic rings. The lowest BCUT2D eigenvalue weighted by Crippen LogP contribution is -2.09. The van der Waals surface area contributed by atoms with Crippen molar-refractivity contribution in [3.05, 3.63) is 47.6 Å². The number of rotatable bonds is 3. The van der Waals surface area contributed by atoms with Gasteiger partial charge in [-0.25, -0.2) is 4.98 Å². The Hall–Kier alpha value is -1.74. The monoisotopic (exact) mass is 247 g/mol. The lowest BCUT2D eigenvalue weighted by molar-refractivity contribution is 1.12. The van der Waals surface area contributed by atoms with Crippen molar-refractivity contribution in [1.82, 2.24) is 4.98 Å². The highest BCUT2D eigenvalue weighted by molar-refractivity contribution is 6.30. The molecule has 0 bridgehead atoms. The third kappa shape index (κ3) is 3.11. The van der Waals surface area contributed by atoms with Gasteiger partial charge in [0.05, 0.1) is 0 Å². The average molecular weight is 248 g/mol. The lowest BCUT2D eigenvalue weighted by Gasteiger charge is -2.13. The van der Waals surface area contributed by atoms with Gasteiger partial charge in [-0.05, 0) is 24.3 Å². The zero-order chi connectivity index (χ0) is 12.3. The maximum atomic E-state index is 5.92. The molecule has 0 aliphatic heterocycles. The van der Waals surface area contributed by atoms with Crippen molar-refractivity contribution in [3.8, 4) is 0 Å². The number of pyridine rings is 1. The summed E-state index contributed by atoms with van der Waals surface area (Å²) in [7, 11) is 4.00. The Labute approximate surface area is 106 Å². The van der Waals surface area contributed by atoms with Crippen LogP contribution < -0.4 is 10.2 Å². The van der Waals surface area contributed by atoms with Crippen molar-refractivity contribution >= 4 is 28.8 Å². The highest BCUT2D eigenvalue weighted by Gasteiger charge is 2.00. The molecule has 1 aromatic carbocycles. The van der Waals surface area contributed by atoms with E-state index in [0.29, 0.717) is 5.02 Å². The number of nitrogens with zero attached hydrogens (tertiary/aromatic N) is 2. The van der Waals surface area contributed by atoms with Gasteiger partial charge in [0.1, 0.15) is 5.82 Å². The second kappa shape index (κ2) is 5.06. The number of halogens is 1. The first-order chi connectivity index (χ1) is 8.15. The zero-order valence-electron chi connectivity index (χ0n) is 9.81. The van der Waals surface area contributed by atoms with Gasteiger partial charge in [0.15, 0.2) is 0 Å². The van der Waals surface area contributed by atoms with E-state index in [9.17, 15) is 0 Å². The standard InChI is InChI=1S/C13H14ClN3/c1-17(2)12-6-7-15-13(9-12)16-11-5-3-4-10(14)8-11/h3-9H,1-2H3,(H,15,16). The van der Waals surface area contributed by atoms with Gasteiger partial charge in [-0.3, -0.25) is 0 Å². The molecule has 0 atom stereocenters. The second-order valence-corrected chi connectivity index (χ2v) is 4.37. The molecule has 2 rings (SSSR count). The third-order valence-corrected chi connectivity index (χ3v) is 2.59. The minimum atomic E-state index is 0.707. The Morgan fingerprint density at radius 1 is 1.18 bits per heavy atom. The molecule has 88 valence electrons. The Bertz CT molecular complexity index is 512. The summed E-state index contributed by atoms with van der Waals surface area (Å²) in [6.45, 7) is 0. The SMILES string of the molecule is CN(C)c1ccnc(Nc2cccc(Cl)c2)c1. The average Bonchev–Trinajstić information content (AvgIpc) is 2.29. The molecule has 0 saturated heterocycles. The van der Waals surface area contributed by atoms with Crippen LogP contribution in [-0.2, 0) is 0 Å². The molecule has 0 saturated carbocycles. The van der Waals surface area contributed by atoms with Crippen LogP contribution in [-0.4, -0.2) is 19.1 Å². The van der Waals surface area contributed by atoms with E-state index in [4.69, 9.17) is 11.6 Å². The van der Waals surface area contributed by atoms with E-state index in [2.05, 4.69) is 10.3 Å². The van der Waals surface area contributed by atoms with Crippen molar-refractivity contribution in [3.63, 3.8) is 0 Å². The van der Waals surface area contributed by atoms with Crippen molar-refractivity contribution in [2.75, 3.05) is 24.3 Å². The Balaban J connectivity index is 2.21. The Morgan fingerprint density at radius 2 is 2.00 bits per heavy atom. The quantitative estimate of drug-likeness (QED) is 0.899. The third-order valence-electron chi connectivity index (χ3n) is 2.36. The van der Waals surface area contributed by atoms with Crippen molar-refractivity contribution in [2.24, 2.45) is 0 Å². The van der Waals surface area contributed by atoms with Gasteiger partial charge >= 0.3 is 0 Å². The molecule has 1 aromatic heterocycles.